The third kappa shape index (κ3) is 3.56. The van der Waals surface area contributed by atoms with Crippen molar-refractivity contribution >= 4 is 11.9 Å². The molecule has 2 aliphatic rings. The summed E-state index contributed by atoms with van der Waals surface area (Å²) in [5.41, 5.74) is 6.84. The Hall–Kier alpha value is -2.86. The number of phenols is 1. The standard InChI is InChI=1S/C23H25NO4.CH5N/c1-23-11-5-6-15(12-14-9-10-16(25)13-19(14)23)20(23)24(2)21(26)17-7-3-4-8-18(17)22(27)28;1-2/h3-4,7-10,13,15,20,25H,5-6,11-12H2,1-2H3,(H,27,28);2H2,1H3/t15?,20-,23+;/m0./s1. The molecular weight excluding hydrogens is 380 g/mol. The number of phenolic OH excluding ortho intramolecular Hbond substituents is 1. The second-order valence-electron chi connectivity index (χ2n) is 8.33. The van der Waals surface area contributed by atoms with E-state index in [-0.39, 0.29) is 34.2 Å². The Morgan fingerprint density at radius 2 is 1.80 bits per heavy atom. The average molecular weight is 411 g/mol. The predicted molar refractivity (Wildman–Crippen MR) is 116 cm³/mol. The molecule has 2 bridgehead atoms. The van der Waals surface area contributed by atoms with Gasteiger partial charge in [-0.3, -0.25) is 4.79 Å². The van der Waals surface area contributed by atoms with Gasteiger partial charge in [-0.2, -0.15) is 0 Å². The van der Waals surface area contributed by atoms with Crippen LogP contribution in [0.15, 0.2) is 42.5 Å². The first-order valence-electron chi connectivity index (χ1n) is 10.3. The van der Waals surface area contributed by atoms with Crippen LogP contribution in [-0.4, -0.2) is 47.1 Å². The summed E-state index contributed by atoms with van der Waals surface area (Å²) in [4.78, 5) is 26.7. The molecule has 1 fully saturated rings. The van der Waals surface area contributed by atoms with E-state index in [1.54, 1.807) is 36.2 Å². The van der Waals surface area contributed by atoms with Crippen LogP contribution in [0.5, 0.6) is 5.75 Å². The van der Waals surface area contributed by atoms with Crippen molar-refractivity contribution < 1.29 is 19.8 Å². The lowest BCUT2D eigenvalue weighted by molar-refractivity contribution is 0.0332. The van der Waals surface area contributed by atoms with E-state index in [0.717, 1.165) is 31.2 Å². The fraction of sp³-hybridized carbons (Fsp3) is 0.417. The van der Waals surface area contributed by atoms with Crippen LogP contribution in [0, 0.1) is 5.92 Å². The molecule has 4 N–H and O–H groups in total. The van der Waals surface area contributed by atoms with Crippen LogP contribution >= 0.6 is 0 Å². The van der Waals surface area contributed by atoms with E-state index in [1.807, 2.05) is 12.1 Å². The Bertz CT molecular complexity index is 958. The van der Waals surface area contributed by atoms with Crippen LogP contribution in [0.2, 0.25) is 0 Å². The van der Waals surface area contributed by atoms with E-state index in [9.17, 15) is 19.8 Å². The number of aromatic carboxylic acids is 1. The van der Waals surface area contributed by atoms with Crippen LogP contribution in [0.3, 0.4) is 0 Å². The highest BCUT2D eigenvalue weighted by molar-refractivity contribution is 6.04. The molecule has 0 spiro atoms. The second kappa shape index (κ2) is 8.48. The highest BCUT2D eigenvalue weighted by Crippen LogP contribution is 2.51. The summed E-state index contributed by atoms with van der Waals surface area (Å²) in [5, 5.41) is 19.5. The Morgan fingerprint density at radius 3 is 2.47 bits per heavy atom. The van der Waals surface area contributed by atoms with E-state index < -0.39 is 5.97 Å². The average Bonchev–Trinajstić information content (AvgIpc) is 2.74. The SMILES string of the molecule is CN.CN(C(=O)c1ccccc1C(=O)O)[C@H]1C2CCC[C@]1(C)c1cc(O)ccc1C2. The van der Waals surface area contributed by atoms with Gasteiger partial charge in [0.1, 0.15) is 5.75 Å². The molecule has 1 unspecified atom stereocenters. The molecule has 0 saturated heterocycles. The van der Waals surface area contributed by atoms with E-state index in [1.165, 1.54) is 18.7 Å². The molecule has 0 radical (unpaired) electrons. The highest BCUT2D eigenvalue weighted by atomic mass is 16.4. The first-order chi connectivity index (χ1) is 14.3. The quantitative estimate of drug-likeness (QED) is 0.719. The Labute approximate surface area is 177 Å². The van der Waals surface area contributed by atoms with Crippen LogP contribution < -0.4 is 5.73 Å². The number of rotatable bonds is 3. The largest absolute Gasteiger partial charge is 0.508 e. The second-order valence-corrected chi connectivity index (χ2v) is 8.33. The molecule has 160 valence electrons. The van der Waals surface area contributed by atoms with Gasteiger partial charge in [-0.05, 0) is 67.6 Å². The number of amides is 1. The van der Waals surface area contributed by atoms with Gasteiger partial charge < -0.3 is 20.8 Å². The molecule has 1 saturated carbocycles. The number of nitrogens with zero attached hydrogens (tertiary/aromatic N) is 1. The number of benzene rings is 2. The summed E-state index contributed by atoms with van der Waals surface area (Å²) in [6, 6.07) is 11.9. The van der Waals surface area contributed by atoms with Gasteiger partial charge in [0.15, 0.2) is 0 Å². The lowest BCUT2D eigenvalue weighted by atomic mass is 9.56. The van der Waals surface area contributed by atoms with Crippen LogP contribution in [0.25, 0.3) is 0 Å². The predicted octanol–water partition coefficient (Wildman–Crippen LogP) is 3.42. The number of fused-ring (bicyclic) bond motifs is 4. The maximum Gasteiger partial charge on any atom is 0.336 e. The number of carbonyl (C=O) groups is 2. The number of carboxylic acids is 1. The third-order valence-electron chi connectivity index (χ3n) is 6.69. The van der Waals surface area contributed by atoms with E-state index in [0.29, 0.717) is 5.92 Å². The van der Waals surface area contributed by atoms with Gasteiger partial charge in [-0.1, -0.05) is 31.5 Å². The zero-order valence-corrected chi connectivity index (χ0v) is 17.8. The molecule has 4 rings (SSSR count). The lowest BCUT2D eigenvalue weighted by Crippen LogP contribution is -2.58. The Morgan fingerprint density at radius 1 is 1.13 bits per heavy atom. The third-order valence-corrected chi connectivity index (χ3v) is 6.69. The van der Waals surface area contributed by atoms with Gasteiger partial charge in [0.2, 0.25) is 0 Å². The van der Waals surface area contributed by atoms with Crippen molar-refractivity contribution in [2.24, 2.45) is 11.7 Å². The minimum absolute atomic E-state index is 0.0310. The zero-order valence-electron chi connectivity index (χ0n) is 17.8. The first kappa shape index (κ1) is 21.8. The fourth-order valence-corrected chi connectivity index (χ4v) is 5.54. The van der Waals surface area contributed by atoms with Crippen LogP contribution in [-0.2, 0) is 11.8 Å². The van der Waals surface area contributed by atoms with Crippen molar-refractivity contribution in [2.75, 3.05) is 14.1 Å². The van der Waals surface area contributed by atoms with Gasteiger partial charge in [-0.15, -0.1) is 0 Å². The number of carbonyl (C=O) groups excluding carboxylic acids is 1. The summed E-state index contributed by atoms with van der Waals surface area (Å²) in [5.74, 6) is -0.790. The molecule has 0 heterocycles. The van der Waals surface area contributed by atoms with Crippen molar-refractivity contribution in [3.63, 3.8) is 0 Å². The molecule has 1 amide bonds. The van der Waals surface area contributed by atoms with Crippen molar-refractivity contribution in [1.29, 1.82) is 0 Å². The van der Waals surface area contributed by atoms with Crippen LogP contribution in [0.1, 0.15) is 58.0 Å². The molecule has 3 atom stereocenters. The van der Waals surface area contributed by atoms with E-state index in [4.69, 9.17) is 0 Å². The van der Waals surface area contributed by atoms with Crippen molar-refractivity contribution in [1.82, 2.24) is 4.90 Å². The van der Waals surface area contributed by atoms with Gasteiger partial charge >= 0.3 is 5.97 Å². The Kier molecular flexibility index (Phi) is 6.17. The summed E-state index contributed by atoms with van der Waals surface area (Å²) in [6.07, 6.45) is 3.93. The van der Waals surface area contributed by atoms with Crippen molar-refractivity contribution in [3.05, 3.63) is 64.7 Å². The maximum absolute atomic E-state index is 13.3. The van der Waals surface area contributed by atoms with E-state index >= 15 is 0 Å². The smallest absolute Gasteiger partial charge is 0.336 e. The zero-order chi connectivity index (χ0) is 22.1. The molecule has 30 heavy (non-hydrogen) atoms. The maximum atomic E-state index is 13.3. The molecular formula is C24H30N2O4. The number of hydrogen-bond acceptors (Lipinski definition) is 4. The summed E-state index contributed by atoms with van der Waals surface area (Å²) >= 11 is 0. The molecule has 2 aromatic carbocycles. The molecule has 2 aromatic rings. The number of hydrogen-bond donors (Lipinski definition) is 3. The molecule has 6 nitrogen and oxygen atoms in total. The Balaban J connectivity index is 0.00000124. The summed E-state index contributed by atoms with van der Waals surface area (Å²) < 4.78 is 0. The monoisotopic (exact) mass is 410 g/mol. The van der Waals surface area contributed by atoms with Gasteiger partial charge in [0.05, 0.1) is 11.1 Å². The van der Waals surface area contributed by atoms with Crippen molar-refractivity contribution in [2.45, 2.75) is 44.1 Å². The number of nitrogens with two attached hydrogens (primary N) is 1. The minimum Gasteiger partial charge on any atom is -0.508 e. The minimum atomic E-state index is -1.09. The van der Waals surface area contributed by atoms with E-state index in [2.05, 4.69) is 12.7 Å². The molecule has 6 heteroatoms. The topological polar surface area (TPSA) is 104 Å². The van der Waals surface area contributed by atoms with Gasteiger partial charge in [0.25, 0.3) is 5.91 Å². The molecule has 0 aliphatic heterocycles. The molecule has 2 aliphatic carbocycles. The number of likely N-dealkylation sites (N-methyl/N-ethyl adjacent to an activating group) is 1. The highest BCUT2D eigenvalue weighted by Gasteiger charge is 2.50. The van der Waals surface area contributed by atoms with Gasteiger partial charge in [0, 0.05) is 18.5 Å². The van der Waals surface area contributed by atoms with Crippen LogP contribution in [0.4, 0.5) is 0 Å². The number of carboxylic acid groups (broad SMARTS) is 1. The normalized spacial score (nSPS) is 24.1. The lowest BCUT2D eigenvalue weighted by Gasteiger charge is -2.54. The van der Waals surface area contributed by atoms with Crippen molar-refractivity contribution in [3.8, 4) is 5.75 Å². The van der Waals surface area contributed by atoms with Gasteiger partial charge in [-0.25, -0.2) is 4.79 Å². The first-order valence-corrected chi connectivity index (χ1v) is 10.3. The molecule has 0 aromatic heterocycles. The summed E-state index contributed by atoms with van der Waals surface area (Å²) in [6.45, 7) is 2.17. The summed E-state index contributed by atoms with van der Waals surface area (Å²) in [7, 11) is 3.29. The fourth-order valence-electron chi connectivity index (χ4n) is 5.54. The number of aromatic hydroxyl groups is 1.